The van der Waals surface area contributed by atoms with Crippen LogP contribution in [0.1, 0.15) is 11.1 Å². The van der Waals surface area contributed by atoms with E-state index in [0.29, 0.717) is 12.0 Å². The third kappa shape index (κ3) is 4.40. The molecule has 0 spiro atoms. The van der Waals surface area contributed by atoms with Crippen molar-refractivity contribution in [2.75, 3.05) is 6.61 Å². The molecular formula is C16H15Br2FO. The van der Waals surface area contributed by atoms with Gasteiger partial charge in [-0.1, -0.05) is 44.0 Å². The van der Waals surface area contributed by atoms with Crippen LogP contribution in [0.15, 0.2) is 51.4 Å². The molecule has 0 amide bonds. The van der Waals surface area contributed by atoms with Crippen LogP contribution in [0.3, 0.4) is 0 Å². The van der Waals surface area contributed by atoms with Gasteiger partial charge in [0.2, 0.25) is 0 Å². The Morgan fingerprint density at radius 2 is 1.60 bits per heavy atom. The van der Waals surface area contributed by atoms with Crippen LogP contribution in [0.2, 0.25) is 0 Å². The first-order valence-corrected chi connectivity index (χ1v) is 7.96. The quantitative estimate of drug-likeness (QED) is 0.766. The van der Waals surface area contributed by atoms with E-state index in [0.717, 1.165) is 20.9 Å². The zero-order valence-corrected chi connectivity index (χ0v) is 14.0. The Balaban J connectivity index is 2.08. The lowest BCUT2D eigenvalue weighted by Gasteiger charge is -2.15. The molecule has 0 heterocycles. The van der Waals surface area contributed by atoms with Crippen molar-refractivity contribution in [1.29, 1.82) is 0 Å². The van der Waals surface area contributed by atoms with Gasteiger partial charge in [-0.3, -0.25) is 0 Å². The Morgan fingerprint density at radius 1 is 0.950 bits per heavy atom. The molecule has 0 aliphatic heterocycles. The number of benzene rings is 2. The third-order valence-corrected chi connectivity index (χ3v) is 4.23. The van der Waals surface area contributed by atoms with Crippen LogP contribution < -0.4 is 0 Å². The molecule has 2 rings (SSSR count). The summed E-state index contributed by atoms with van der Waals surface area (Å²) < 4.78 is 15.6. The van der Waals surface area contributed by atoms with Gasteiger partial charge in [-0.05, 0) is 60.2 Å². The molecular weight excluding hydrogens is 387 g/mol. The van der Waals surface area contributed by atoms with E-state index >= 15 is 0 Å². The number of halogens is 3. The number of rotatable bonds is 5. The normalized spacial score (nSPS) is 12.4. The summed E-state index contributed by atoms with van der Waals surface area (Å²) in [6.45, 7) is 0.0437. The Kier molecular flexibility index (Phi) is 5.75. The fourth-order valence-corrected chi connectivity index (χ4v) is 2.84. The lowest BCUT2D eigenvalue weighted by Crippen LogP contribution is -2.14. The minimum absolute atomic E-state index is 0.0139. The molecule has 1 N–H and O–H groups in total. The van der Waals surface area contributed by atoms with Gasteiger partial charge >= 0.3 is 0 Å². The summed E-state index contributed by atoms with van der Waals surface area (Å²) in [6.07, 6.45) is 1.26. The molecule has 2 aromatic carbocycles. The van der Waals surface area contributed by atoms with E-state index in [1.165, 1.54) is 6.07 Å². The zero-order valence-electron chi connectivity index (χ0n) is 10.8. The minimum Gasteiger partial charge on any atom is -0.396 e. The molecule has 1 unspecified atom stereocenters. The molecule has 106 valence electrons. The van der Waals surface area contributed by atoms with Crippen LogP contribution in [0.4, 0.5) is 4.39 Å². The van der Waals surface area contributed by atoms with Gasteiger partial charge in [0.05, 0.1) is 0 Å². The fraction of sp³-hybridized carbons (Fsp3) is 0.250. The molecule has 20 heavy (non-hydrogen) atoms. The summed E-state index contributed by atoms with van der Waals surface area (Å²) in [7, 11) is 0. The molecule has 0 aliphatic rings. The van der Waals surface area contributed by atoms with Gasteiger partial charge in [0.25, 0.3) is 0 Å². The number of hydrogen-bond donors (Lipinski definition) is 1. The van der Waals surface area contributed by atoms with Crippen molar-refractivity contribution in [3.05, 3.63) is 68.4 Å². The van der Waals surface area contributed by atoms with Gasteiger partial charge in [0.1, 0.15) is 5.82 Å². The molecule has 2 aromatic rings. The van der Waals surface area contributed by atoms with Crippen molar-refractivity contribution in [1.82, 2.24) is 0 Å². The molecule has 1 atom stereocenters. The Bertz CT molecular complexity index is 569. The largest absolute Gasteiger partial charge is 0.396 e. The molecule has 0 aromatic heterocycles. The maximum Gasteiger partial charge on any atom is 0.126 e. The smallest absolute Gasteiger partial charge is 0.126 e. The SMILES string of the molecule is OCC(Cc1ccc(Br)cc1)Cc1cc(Br)ccc1F. The second-order valence-electron chi connectivity index (χ2n) is 4.82. The van der Waals surface area contributed by atoms with Crippen molar-refractivity contribution in [3.8, 4) is 0 Å². The average Bonchev–Trinajstić information content (AvgIpc) is 2.44. The van der Waals surface area contributed by atoms with Crippen molar-refractivity contribution >= 4 is 31.9 Å². The van der Waals surface area contributed by atoms with Gasteiger partial charge in [-0.25, -0.2) is 4.39 Å². The molecule has 0 aliphatic carbocycles. The average molecular weight is 402 g/mol. The van der Waals surface area contributed by atoms with Crippen molar-refractivity contribution < 1.29 is 9.50 Å². The van der Waals surface area contributed by atoms with Crippen LogP contribution in [-0.2, 0) is 12.8 Å². The van der Waals surface area contributed by atoms with Crippen LogP contribution in [0, 0.1) is 11.7 Å². The highest BCUT2D eigenvalue weighted by Crippen LogP contribution is 2.21. The maximum absolute atomic E-state index is 13.7. The maximum atomic E-state index is 13.7. The van der Waals surface area contributed by atoms with E-state index in [4.69, 9.17) is 0 Å². The molecule has 4 heteroatoms. The van der Waals surface area contributed by atoms with E-state index in [1.807, 2.05) is 24.3 Å². The third-order valence-electron chi connectivity index (χ3n) is 3.21. The number of aliphatic hydroxyl groups is 1. The first-order valence-electron chi connectivity index (χ1n) is 6.37. The second-order valence-corrected chi connectivity index (χ2v) is 6.65. The fourth-order valence-electron chi connectivity index (χ4n) is 2.17. The van der Waals surface area contributed by atoms with Gasteiger partial charge in [0, 0.05) is 15.6 Å². The van der Waals surface area contributed by atoms with Crippen LogP contribution in [0.5, 0.6) is 0 Å². The van der Waals surface area contributed by atoms with E-state index in [1.54, 1.807) is 12.1 Å². The summed E-state index contributed by atoms with van der Waals surface area (Å²) in [5.41, 5.74) is 1.78. The molecule has 0 bridgehead atoms. The first kappa shape index (κ1) is 15.7. The molecule has 0 fully saturated rings. The van der Waals surface area contributed by atoms with Gasteiger partial charge < -0.3 is 5.11 Å². The predicted octanol–water partition coefficient (Wildman–Crippen LogP) is 4.74. The van der Waals surface area contributed by atoms with Gasteiger partial charge in [-0.15, -0.1) is 0 Å². The predicted molar refractivity (Wildman–Crippen MR) is 86.2 cm³/mol. The van der Waals surface area contributed by atoms with E-state index in [9.17, 15) is 9.50 Å². The van der Waals surface area contributed by atoms with E-state index in [2.05, 4.69) is 31.9 Å². The lowest BCUT2D eigenvalue weighted by atomic mass is 9.93. The Hall–Kier alpha value is -0.710. The second kappa shape index (κ2) is 7.34. The van der Waals surface area contributed by atoms with Crippen LogP contribution >= 0.6 is 31.9 Å². The Labute approximate surface area is 135 Å². The zero-order chi connectivity index (χ0) is 14.5. The highest BCUT2D eigenvalue weighted by Gasteiger charge is 2.13. The summed E-state index contributed by atoms with van der Waals surface area (Å²) in [5.74, 6) is -0.206. The molecule has 0 saturated heterocycles. The standard InChI is InChI=1S/C16H15Br2FO/c17-14-3-1-11(2-4-14)7-12(10-20)8-13-9-15(18)5-6-16(13)19/h1-6,9,12,20H,7-8,10H2. The highest BCUT2D eigenvalue weighted by atomic mass is 79.9. The monoisotopic (exact) mass is 400 g/mol. The molecule has 0 saturated carbocycles. The van der Waals surface area contributed by atoms with Gasteiger partial charge in [0.15, 0.2) is 0 Å². The molecule has 0 radical (unpaired) electrons. The minimum atomic E-state index is -0.220. The molecule has 1 nitrogen and oxygen atoms in total. The number of aliphatic hydroxyl groups excluding tert-OH is 1. The van der Waals surface area contributed by atoms with Crippen LogP contribution in [-0.4, -0.2) is 11.7 Å². The summed E-state index contributed by atoms with van der Waals surface area (Å²) in [5, 5.41) is 9.52. The summed E-state index contributed by atoms with van der Waals surface area (Å²) >= 11 is 6.74. The van der Waals surface area contributed by atoms with Gasteiger partial charge in [-0.2, -0.15) is 0 Å². The summed E-state index contributed by atoms with van der Waals surface area (Å²) in [6, 6.07) is 12.9. The van der Waals surface area contributed by atoms with Crippen molar-refractivity contribution in [2.24, 2.45) is 5.92 Å². The summed E-state index contributed by atoms with van der Waals surface area (Å²) in [4.78, 5) is 0. The highest BCUT2D eigenvalue weighted by molar-refractivity contribution is 9.10. The van der Waals surface area contributed by atoms with E-state index in [-0.39, 0.29) is 18.3 Å². The topological polar surface area (TPSA) is 20.2 Å². The number of hydrogen-bond acceptors (Lipinski definition) is 1. The van der Waals surface area contributed by atoms with Crippen molar-refractivity contribution in [2.45, 2.75) is 12.8 Å². The first-order chi connectivity index (χ1) is 9.58. The lowest BCUT2D eigenvalue weighted by molar-refractivity contribution is 0.224. The van der Waals surface area contributed by atoms with Crippen molar-refractivity contribution in [3.63, 3.8) is 0 Å². The van der Waals surface area contributed by atoms with E-state index < -0.39 is 0 Å². The Morgan fingerprint density at radius 3 is 2.25 bits per heavy atom. The van der Waals surface area contributed by atoms with Crippen LogP contribution in [0.25, 0.3) is 0 Å².